The second-order valence-corrected chi connectivity index (χ2v) is 3.87. The van der Waals surface area contributed by atoms with Crippen molar-refractivity contribution in [2.75, 3.05) is 14.2 Å². The van der Waals surface area contributed by atoms with E-state index < -0.39 is 0 Å². The Morgan fingerprint density at radius 2 is 2.06 bits per heavy atom. The van der Waals surface area contributed by atoms with Gasteiger partial charge in [0.05, 0.1) is 20.8 Å². The molecule has 1 aromatic heterocycles. The summed E-state index contributed by atoms with van der Waals surface area (Å²) >= 11 is 5.08. The van der Waals surface area contributed by atoms with Crippen molar-refractivity contribution >= 4 is 12.2 Å². The van der Waals surface area contributed by atoms with Crippen molar-refractivity contribution in [3.05, 3.63) is 34.9 Å². The van der Waals surface area contributed by atoms with Crippen molar-refractivity contribution in [2.24, 2.45) is 0 Å². The van der Waals surface area contributed by atoms with Crippen LogP contribution in [0.25, 0.3) is 0 Å². The Morgan fingerprint density at radius 3 is 2.65 bits per heavy atom. The van der Waals surface area contributed by atoms with Crippen LogP contribution in [0, 0.1) is 4.77 Å². The van der Waals surface area contributed by atoms with E-state index >= 15 is 0 Å². The van der Waals surface area contributed by atoms with Gasteiger partial charge < -0.3 is 14.0 Å². The molecule has 6 heteroatoms. The molecule has 0 aliphatic rings. The van der Waals surface area contributed by atoms with Gasteiger partial charge in [0.1, 0.15) is 6.33 Å². The van der Waals surface area contributed by atoms with E-state index in [-0.39, 0.29) is 0 Å². The molecule has 0 radical (unpaired) electrons. The molecular formula is C11H13N3O2S. The maximum Gasteiger partial charge on any atom is 0.195 e. The lowest BCUT2D eigenvalue weighted by molar-refractivity contribution is 0.354. The summed E-state index contributed by atoms with van der Waals surface area (Å²) in [7, 11) is 3.23. The summed E-state index contributed by atoms with van der Waals surface area (Å²) < 4.78 is 12.9. The van der Waals surface area contributed by atoms with Crippen LogP contribution in [0.2, 0.25) is 0 Å². The molecule has 0 aliphatic heterocycles. The number of ether oxygens (including phenoxy) is 2. The van der Waals surface area contributed by atoms with Crippen LogP contribution >= 0.6 is 12.2 Å². The summed E-state index contributed by atoms with van der Waals surface area (Å²) in [4.78, 5) is 0. The maximum atomic E-state index is 5.24. The molecule has 2 rings (SSSR count). The van der Waals surface area contributed by atoms with Gasteiger partial charge in [-0.15, -0.1) is 0 Å². The normalized spacial score (nSPS) is 10.2. The summed E-state index contributed by atoms with van der Waals surface area (Å²) in [5.74, 6) is 1.42. The fourth-order valence-corrected chi connectivity index (χ4v) is 1.72. The lowest BCUT2D eigenvalue weighted by Crippen LogP contribution is -1.99. The van der Waals surface area contributed by atoms with Crippen LogP contribution in [0.1, 0.15) is 5.56 Å². The number of hydrogen-bond acceptors (Lipinski definition) is 4. The first kappa shape index (κ1) is 11.7. The molecule has 0 fully saturated rings. The van der Waals surface area contributed by atoms with Crippen LogP contribution in [0.4, 0.5) is 0 Å². The highest BCUT2D eigenvalue weighted by Crippen LogP contribution is 2.27. The molecule has 1 aromatic carbocycles. The number of aromatic amines is 1. The number of hydrogen-bond donors (Lipinski definition) is 1. The van der Waals surface area contributed by atoms with Crippen LogP contribution in [0.3, 0.4) is 0 Å². The quantitative estimate of drug-likeness (QED) is 0.844. The SMILES string of the molecule is COc1ccc(Cn2cn[nH]c2=S)cc1OC. The first-order valence-corrected chi connectivity index (χ1v) is 5.46. The molecule has 0 bridgehead atoms. The number of benzene rings is 1. The molecule has 0 amide bonds. The van der Waals surface area contributed by atoms with Crippen molar-refractivity contribution in [3.63, 3.8) is 0 Å². The smallest absolute Gasteiger partial charge is 0.195 e. The van der Waals surface area contributed by atoms with Gasteiger partial charge in [0.25, 0.3) is 0 Å². The van der Waals surface area contributed by atoms with E-state index in [4.69, 9.17) is 21.7 Å². The van der Waals surface area contributed by atoms with Gasteiger partial charge in [0, 0.05) is 0 Å². The van der Waals surface area contributed by atoms with E-state index in [1.807, 2.05) is 22.8 Å². The zero-order chi connectivity index (χ0) is 12.3. The lowest BCUT2D eigenvalue weighted by Gasteiger charge is -2.09. The van der Waals surface area contributed by atoms with Crippen LogP contribution in [0.15, 0.2) is 24.5 Å². The third-order valence-corrected chi connectivity index (χ3v) is 2.74. The predicted octanol–water partition coefficient (Wildman–Crippen LogP) is 2.01. The van der Waals surface area contributed by atoms with Crippen molar-refractivity contribution in [1.82, 2.24) is 14.8 Å². The van der Waals surface area contributed by atoms with E-state index in [1.54, 1.807) is 20.5 Å². The van der Waals surface area contributed by atoms with Crippen LogP contribution in [-0.2, 0) is 6.54 Å². The highest BCUT2D eigenvalue weighted by atomic mass is 32.1. The average Bonchev–Trinajstić information content (AvgIpc) is 2.75. The van der Waals surface area contributed by atoms with Crippen molar-refractivity contribution in [2.45, 2.75) is 6.54 Å². The van der Waals surface area contributed by atoms with Gasteiger partial charge >= 0.3 is 0 Å². The third kappa shape index (κ3) is 2.47. The minimum Gasteiger partial charge on any atom is -0.493 e. The number of aromatic nitrogens is 3. The summed E-state index contributed by atoms with van der Waals surface area (Å²) in [6.07, 6.45) is 1.67. The van der Waals surface area contributed by atoms with E-state index in [1.165, 1.54) is 0 Å². The Kier molecular flexibility index (Phi) is 3.43. The van der Waals surface area contributed by atoms with E-state index in [9.17, 15) is 0 Å². The third-order valence-electron chi connectivity index (χ3n) is 2.42. The molecule has 1 heterocycles. The largest absolute Gasteiger partial charge is 0.493 e. The van der Waals surface area contributed by atoms with Crippen molar-refractivity contribution in [3.8, 4) is 11.5 Å². The topological polar surface area (TPSA) is 52.1 Å². The second kappa shape index (κ2) is 5.01. The van der Waals surface area contributed by atoms with E-state index in [0.717, 1.165) is 5.56 Å². The minimum absolute atomic E-state index is 0.597. The fraction of sp³-hybridized carbons (Fsp3) is 0.273. The Balaban J connectivity index is 2.28. The highest BCUT2D eigenvalue weighted by Gasteiger charge is 2.05. The summed E-state index contributed by atoms with van der Waals surface area (Å²) in [6.45, 7) is 0.648. The average molecular weight is 251 g/mol. The van der Waals surface area contributed by atoms with E-state index in [0.29, 0.717) is 22.8 Å². The Morgan fingerprint density at radius 1 is 1.29 bits per heavy atom. The summed E-state index contributed by atoms with van der Waals surface area (Å²) in [6, 6.07) is 5.77. The number of nitrogens with zero attached hydrogens (tertiary/aromatic N) is 2. The van der Waals surface area contributed by atoms with Gasteiger partial charge in [-0.3, -0.25) is 5.10 Å². The number of methoxy groups -OCH3 is 2. The van der Waals surface area contributed by atoms with E-state index in [2.05, 4.69) is 10.2 Å². The molecule has 0 spiro atoms. The summed E-state index contributed by atoms with van der Waals surface area (Å²) in [5, 5.41) is 6.58. The fourth-order valence-electron chi connectivity index (χ4n) is 1.56. The molecule has 0 saturated carbocycles. The first-order chi connectivity index (χ1) is 8.24. The molecule has 90 valence electrons. The van der Waals surface area contributed by atoms with Crippen molar-refractivity contribution in [1.29, 1.82) is 0 Å². The van der Waals surface area contributed by atoms with Gasteiger partial charge in [-0.05, 0) is 29.9 Å². The van der Waals surface area contributed by atoms with Gasteiger partial charge in [-0.25, -0.2) is 0 Å². The Bertz CT molecular complexity index is 562. The molecule has 2 aromatic rings. The molecular weight excluding hydrogens is 238 g/mol. The van der Waals surface area contributed by atoms with Crippen molar-refractivity contribution < 1.29 is 9.47 Å². The molecule has 0 unspecified atom stereocenters. The molecule has 0 atom stereocenters. The predicted molar refractivity (Wildman–Crippen MR) is 66.1 cm³/mol. The molecule has 5 nitrogen and oxygen atoms in total. The number of H-pyrrole nitrogens is 1. The zero-order valence-electron chi connectivity index (χ0n) is 9.64. The molecule has 17 heavy (non-hydrogen) atoms. The standard InChI is InChI=1S/C11H13N3O2S/c1-15-9-4-3-8(5-10(9)16-2)6-14-7-12-13-11(14)17/h3-5,7H,6H2,1-2H3,(H,13,17). The zero-order valence-corrected chi connectivity index (χ0v) is 10.5. The second-order valence-electron chi connectivity index (χ2n) is 3.48. The molecule has 1 N–H and O–H groups in total. The van der Waals surface area contributed by atoms with Crippen LogP contribution in [-0.4, -0.2) is 29.0 Å². The highest BCUT2D eigenvalue weighted by molar-refractivity contribution is 7.71. The van der Waals surface area contributed by atoms with Gasteiger partial charge in [0.2, 0.25) is 0 Å². The molecule has 0 aliphatic carbocycles. The Labute approximate surface area is 104 Å². The first-order valence-electron chi connectivity index (χ1n) is 5.05. The monoisotopic (exact) mass is 251 g/mol. The maximum absolute atomic E-state index is 5.24. The van der Waals surface area contributed by atoms with Crippen LogP contribution < -0.4 is 9.47 Å². The van der Waals surface area contributed by atoms with Crippen LogP contribution in [0.5, 0.6) is 11.5 Å². The minimum atomic E-state index is 0.597. The van der Waals surface area contributed by atoms with Gasteiger partial charge in [-0.2, -0.15) is 5.10 Å². The number of nitrogens with one attached hydrogen (secondary N) is 1. The van der Waals surface area contributed by atoms with Gasteiger partial charge in [-0.1, -0.05) is 6.07 Å². The summed E-state index contributed by atoms with van der Waals surface area (Å²) in [5.41, 5.74) is 1.07. The van der Waals surface area contributed by atoms with Gasteiger partial charge in [0.15, 0.2) is 16.3 Å². The molecule has 0 saturated heterocycles. The Hall–Kier alpha value is -1.82. The number of rotatable bonds is 4. The lowest BCUT2D eigenvalue weighted by atomic mass is 10.2.